The number of fused-ring (bicyclic) bond motifs is 2. The van der Waals surface area contributed by atoms with Crippen LogP contribution in [-0.4, -0.2) is 39.6 Å². The third-order valence-electron chi connectivity index (χ3n) is 5.12. The number of aliphatic hydroxyl groups is 1. The Kier molecular flexibility index (Phi) is 3.66. The van der Waals surface area contributed by atoms with E-state index < -0.39 is 0 Å². The number of aromatic nitrogens is 1. The number of carbonyl (C=O) groups is 1. The molecule has 1 aromatic carbocycles. The fourth-order valence-corrected chi connectivity index (χ4v) is 3.95. The molecule has 1 aromatic heterocycles. The maximum absolute atomic E-state index is 12.8. The standard InChI is InChI=1S/C18H19ClN2O2/c19-13-3-1-11(2-4-13)15-6-7-16(20-15)18(23)21-10-12-9-14(21)5-8-17(12)22/h1-4,6-7,12,14,17,20,22H,5,8-10H2. The lowest BCUT2D eigenvalue weighted by Gasteiger charge is -2.25. The summed E-state index contributed by atoms with van der Waals surface area (Å²) in [6.07, 6.45) is 2.38. The molecule has 5 heteroatoms. The molecule has 2 bridgehead atoms. The molecule has 23 heavy (non-hydrogen) atoms. The Labute approximate surface area is 140 Å². The third kappa shape index (κ3) is 2.66. The Morgan fingerprint density at radius 3 is 2.70 bits per heavy atom. The normalized spacial score (nSPS) is 26.5. The summed E-state index contributed by atoms with van der Waals surface area (Å²) in [7, 11) is 0. The van der Waals surface area contributed by atoms with Gasteiger partial charge in [0.15, 0.2) is 0 Å². The lowest BCUT2D eigenvalue weighted by molar-refractivity contribution is 0.0724. The number of nitrogens with zero attached hydrogens (tertiary/aromatic N) is 1. The van der Waals surface area contributed by atoms with Crippen molar-refractivity contribution < 1.29 is 9.90 Å². The number of aliphatic hydroxyl groups excluding tert-OH is 1. The first-order valence-electron chi connectivity index (χ1n) is 8.06. The van der Waals surface area contributed by atoms with Gasteiger partial charge < -0.3 is 15.0 Å². The topological polar surface area (TPSA) is 56.3 Å². The zero-order chi connectivity index (χ0) is 16.0. The minimum absolute atomic E-state index is 0.0341. The van der Waals surface area contributed by atoms with E-state index in [9.17, 15) is 9.90 Å². The molecule has 2 aromatic rings. The number of carbonyl (C=O) groups excluding carboxylic acids is 1. The van der Waals surface area contributed by atoms with Crippen molar-refractivity contribution in [2.75, 3.05) is 6.54 Å². The SMILES string of the molecule is O=C(c1ccc(-c2ccc(Cl)cc2)[nH]1)N1CC2CC1CCC2O. The van der Waals surface area contributed by atoms with Crippen molar-refractivity contribution in [2.24, 2.45) is 5.92 Å². The molecule has 3 atom stereocenters. The van der Waals surface area contributed by atoms with E-state index in [2.05, 4.69) is 4.98 Å². The number of halogens is 1. The Hall–Kier alpha value is -1.78. The Balaban J connectivity index is 1.55. The van der Waals surface area contributed by atoms with E-state index >= 15 is 0 Å². The fraction of sp³-hybridized carbons (Fsp3) is 0.389. The number of amides is 1. The van der Waals surface area contributed by atoms with E-state index in [-0.39, 0.29) is 24.0 Å². The smallest absolute Gasteiger partial charge is 0.270 e. The lowest BCUT2D eigenvalue weighted by Crippen LogP contribution is -2.35. The van der Waals surface area contributed by atoms with Crippen molar-refractivity contribution in [1.29, 1.82) is 0 Å². The number of benzene rings is 1. The molecule has 2 N–H and O–H groups in total. The number of aromatic amines is 1. The molecular weight excluding hydrogens is 312 g/mol. The first-order chi connectivity index (χ1) is 11.1. The van der Waals surface area contributed by atoms with E-state index in [4.69, 9.17) is 11.6 Å². The van der Waals surface area contributed by atoms with Crippen molar-refractivity contribution in [3.8, 4) is 11.3 Å². The maximum atomic E-state index is 12.8. The summed E-state index contributed by atoms with van der Waals surface area (Å²) in [5.74, 6) is 0.273. The zero-order valence-corrected chi connectivity index (χ0v) is 13.5. The van der Waals surface area contributed by atoms with Crippen LogP contribution in [-0.2, 0) is 0 Å². The van der Waals surface area contributed by atoms with Gasteiger partial charge in [0.25, 0.3) is 5.91 Å². The van der Waals surface area contributed by atoms with Gasteiger partial charge in [0.2, 0.25) is 0 Å². The molecule has 120 valence electrons. The zero-order valence-electron chi connectivity index (χ0n) is 12.7. The molecule has 0 radical (unpaired) electrons. The largest absolute Gasteiger partial charge is 0.393 e. The van der Waals surface area contributed by atoms with Gasteiger partial charge in [-0.3, -0.25) is 4.79 Å². The fourth-order valence-electron chi connectivity index (χ4n) is 3.83. The number of H-pyrrole nitrogens is 1. The van der Waals surface area contributed by atoms with Gasteiger partial charge in [-0.2, -0.15) is 0 Å². The van der Waals surface area contributed by atoms with Crippen molar-refractivity contribution in [3.05, 3.63) is 47.1 Å². The highest BCUT2D eigenvalue weighted by Crippen LogP contribution is 2.36. The predicted octanol–water partition coefficient (Wildman–Crippen LogP) is 3.32. The molecular formula is C18H19ClN2O2. The molecule has 4 rings (SSSR count). The van der Waals surface area contributed by atoms with Crippen LogP contribution in [0.2, 0.25) is 5.02 Å². The van der Waals surface area contributed by atoms with Gasteiger partial charge in [-0.25, -0.2) is 0 Å². The van der Waals surface area contributed by atoms with E-state index in [0.29, 0.717) is 17.3 Å². The molecule has 2 aliphatic rings. The van der Waals surface area contributed by atoms with Crippen molar-refractivity contribution in [3.63, 3.8) is 0 Å². The summed E-state index contributed by atoms with van der Waals surface area (Å²) < 4.78 is 0. The molecule has 1 aliphatic carbocycles. The second-order valence-electron chi connectivity index (χ2n) is 6.54. The third-order valence-corrected chi connectivity index (χ3v) is 5.37. The van der Waals surface area contributed by atoms with Crippen molar-refractivity contribution in [2.45, 2.75) is 31.4 Å². The Morgan fingerprint density at radius 1 is 1.17 bits per heavy atom. The van der Waals surface area contributed by atoms with Gasteiger partial charge in [-0.15, -0.1) is 0 Å². The molecule has 1 saturated heterocycles. The van der Waals surface area contributed by atoms with Crippen molar-refractivity contribution >= 4 is 17.5 Å². The molecule has 1 amide bonds. The number of rotatable bonds is 2. The van der Waals surface area contributed by atoms with Crippen LogP contribution in [0, 0.1) is 5.92 Å². The number of nitrogens with one attached hydrogen (secondary N) is 1. The first kappa shape index (κ1) is 14.8. The highest BCUT2D eigenvalue weighted by Gasteiger charge is 2.42. The van der Waals surface area contributed by atoms with Crippen LogP contribution in [0.5, 0.6) is 0 Å². The second kappa shape index (κ2) is 5.69. The monoisotopic (exact) mass is 330 g/mol. The number of hydrogen-bond acceptors (Lipinski definition) is 2. The molecule has 4 nitrogen and oxygen atoms in total. The quantitative estimate of drug-likeness (QED) is 0.887. The van der Waals surface area contributed by atoms with E-state index in [1.54, 1.807) is 0 Å². The summed E-state index contributed by atoms with van der Waals surface area (Å²) in [6, 6.07) is 11.6. The highest BCUT2D eigenvalue weighted by atomic mass is 35.5. The second-order valence-corrected chi connectivity index (χ2v) is 6.98. The number of likely N-dealkylation sites (tertiary alicyclic amines) is 1. The van der Waals surface area contributed by atoms with Crippen LogP contribution in [0.25, 0.3) is 11.3 Å². The molecule has 0 spiro atoms. The van der Waals surface area contributed by atoms with Gasteiger partial charge in [0, 0.05) is 29.2 Å². The van der Waals surface area contributed by atoms with Crippen molar-refractivity contribution in [1.82, 2.24) is 9.88 Å². The molecule has 1 saturated carbocycles. The van der Waals surface area contributed by atoms with E-state index in [1.807, 2.05) is 41.3 Å². The summed E-state index contributed by atoms with van der Waals surface area (Å²) in [5, 5.41) is 10.7. The van der Waals surface area contributed by atoms with Gasteiger partial charge in [-0.1, -0.05) is 23.7 Å². The molecule has 2 heterocycles. The first-order valence-corrected chi connectivity index (χ1v) is 8.43. The van der Waals surface area contributed by atoms with Gasteiger partial charge in [0.1, 0.15) is 5.69 Å². The van der Waals surface area contributed by atoms with E-state index in [1.165, 1.54) is 0 Å². The van der Waals surface area contributed by atoms with Gasteiger partial charge >= 0.3 is 0 Å². The van der Waals surface area contributed by atoms with Gasteiger partial charge in [-0.05, 0) is 49.1 Å². The van der Waals surface area contributed by atoms with E-state index in [0.717, 1.165) is 30.5 Å². The average molecular weight is 331 g/mol. The van der Waals surface area contributed by atoms with Crippen LogP contribution >= 0.6 is 11.6 Å². The summed E-state index contributed by atoms with van der Waals surface area (Å²) in [5.41, 5.74) is 2.52. The van der Waals surface area contributed by atoms with Crippen LogP contribution in [0.3, 0.4) is 0 Å². The number of hydrogen-bond donors (Lipinski definition) is 2. The molecule has 1 aliphatic heterocycles. The van der Waals surface area contributed by atoms with Crippen LogP contribution in [0.4, 0.5) is 0 Å². The van der Waals surface area contributed by atoms with Crippen LogP contribution in [0.1, 0.15) is 29.8 Å². The minimum Gasteiger partial charge on any atom is -0.393 e. The van der Waals surface area contributed by atoms with Gasteiger partial charge in [0.05, 0.1) is 6.10 Å². The molecule has 2 fully saturated rings. The van der Waals surface area contributed by atoms with Crippen LogP contribution in [0.15, 0.2) is 36.4 Å². The summed E-state index contributed by atoms with van der Waals surface area (Å²) in [4.78, 5) is 17.9. The highest BCUT2D eigenvalue weighted by molar-refractivity contribution is 6.30. The van der Waals surface area contributed by atoms with Crippen LogP contribution < -0.4 is 0 Å². The summed E-state index contributed by atoms with van der Waals surface area (Å²) >= 11 is 5.91. The Bertz CT molecular complexity index is 725. The Morgan fingerprint density at radius 2 is 1.96 bits per heavy atom. The lowest BCUT2D eigenvalue weighted by atomic mass is 9.88. The summed E-state index contributed by atoms with van der Waals surface area (Å²) in [6.45, 7) is 0.667. The molecule has 3 unspecified atom stereocenters. The maximum Gasteiger partial charge on any atom is 0.270 e. The predicted molar refractivity (Wildman–Crippen MR) is 89.4 cm³/mol. The average Bonchev–Trinajstić information content (AvgIpc) is 3.17. The minimum atomic E-state index is -0.252.